The molecule has 104 valence electrons. The number of carbonyl (C=O) groups is 1. The lowest BCUT2D eigenvalue weighted by molar-refractivity contribution is 0.0970. The smallest absolute Gasteiger partial charge is 0.249 e. The number of piperidine rings is 1. The SMILES string of the molecule is NC(=O)c1ccccc1COCCC1CCCCN1. The van der Waals surface area contributed by atoms with E-state index in [9.17, 15) is 4.79 Å². The third-order valence-electron chi connectivity index (χ3n) is 3.56. The molecule has 1 saturated heterocycles. The minimum absolute atomic E-state index is 0.395. The van der Waals surface area contributed by atoms with Crippen molar-refractivity contribution in [2.24, 2.45) is 5.73 Å². The summed E-state index contributed by atoms with van der Waals surface area (Å²) in [6.45, 7) is 2.28. The zero-order valence-corrected chi connectivity index (χ0v) is 11.2. The Bertz CT molecular complexity index is 414. The molecule has 1 aliphatic heterocycles. The maximum atomic E-state index is 11.3. The van der Waals surface area contributed by atoms with Gasteiger partial charge in [0, 0.05) is 18.2 Å². The highest BCUT2D eigenvalue weighted by atomic mass is 16.5. The molecule has 2 rings (SSSR count). The van der Waals surface area contributed by atoms with E-state index in [2.05, 4.69) is 5.32 Å². The second kappa shape index (κ2) is 7.26. The van der Waals surface area contributed by atoms with Crippen molar-refractivity contribution in [2.45, 2.75) is 38.3 Å². The van der Waals surface area contributed by atoms with E-state index in [1.54, 1.807) is 6.07 Å². The summed E-state index contributed by atoms with van der Waals surface area (Å²) in [5, 5.41) is 3.49. The van der Waals surface area contributed by atoms with Crippen molar-refractivity contribution in [1.29, 1.82) is 0 Å². The Morgan fingerprint density at radius 3 is 2.95 bits per heavy atom. The highest BCUT2D eigenvalue weighted by Gasteiger charge is 2.12. The number of ether oxygens (including phenoxy) is 1. The van der Waals surface area contributed by atoms with Crippen LogP contribution in [0, 0.1) is 0 Å². The molecule has 1 atom stereocenters. The van der Waals surface area contributed by atoms with Gasteiger partial charge in [-0.3, -0.25) is 4.79 Å². The number of nitrogens with two attached hydrogens (primary N) is 1. The average Bonchev–Trinajstić information content (AvgIpc) is 2.45. The third kappa shape index (κ3) is 4.33. The van der Waals surface area contributed by atoms with Crippen molar-refractivity contribution >= 4 is 5.91 Å². The summed E-state index contributed by atoms with van der Waals surface area (Å²) < 4.78 is 5.67. The quantitative estimate of drug-likeness (QED) is 0.769. The number of carbonyl (C=O) groups excluding carboxylic acids is 1. The molecule has 1 heterocycles. The average molecular weight is 262 g/mol. The first-order valence-corrected chi connectivity index (χ1v) is 6.96. The minimum atomic E-state index is -0.395. The first-order valence-electron chi connectivity index (χ1n) is 6.96. The molecule has 4 nitrogen and oxygen atoms in total. The van der Waals surface area contributed by atoms with E-state index in [-0.39, 0.29) is 0 Å². The highest BCUT2D eigenvalue weighted by Crippen LogP contribution is 2.12. The van der Waals surface area contributed by atoms with Crippen LogP contribution in [0.15, 0.2) is 24.3 Å². The lowest BCUT2D eigenvalue weighted by Gasteiger charge is -2.23. The molecule has 1 aliphatic rings. The molecular formula is C15H22N2O2. The van der Waals surface area contributed by atoms with E-state index < -0.39 is 5.91 Å². The van der Waals surface area contributed by atoms with Crippen LogP contribution < -0.4 is 11.1 Å². The molecule has 1 amide bonds. The molecule has 0 aliphatic carbocycles. The second-order valence-corrected chi connectivity index (χ2v) is 5.01. The number of amides is 1. The van der Waals surface area contributed by atoms with Crippen LogP contribution in [0.3, 0.4) is 0 Å². The molecule has 0 saturated carbocycles. The fourth-order valence-corrected chi connectivity index (χ4v) is 2.46. The molecule has 1 aromatic rings. The van der Waals surface area contributed by atoms with Gasteiger partial charge in [-0.25, -0.2) is 0 Å². The van der Waals surface area contributed by atoms with Crippen LogP contribution in [0.5, 0.6) is 0 Å². The largest absolute Gasteiger partial charge is 0.377 e. The van der Waals surface area contributed by atoms with Gasteiger partial charge in [-0.15, -0.1) is 0 Å². The van der Waals surface area contributed by atoms with Gasteiger partial charge in [0.15, 0.2) is 0 Å². The van der Waals surface area contributed by atoms with Gasteiger partial charge < -0.3 is 15.8 Å². The number of nitrogens with one attached hydrogen (secondary N) is 1. The fraction of sp³-hybridized carbons (Fsp3) is 0.533. The summed E-state index contributed by atoms with van der Waals surface area (Å²) in [5.41, 5.74) is 6.75. The molecule has 1 fully saturated rings. The fourth-order valence-electron chi connectivity index (χ4n) is 2.46. The Labute approximate surface area is 114 Å². The Balaban J connectivity index is 1.74. The predicted octanol–water partition coefficient (Wildman–Crippen LogP) is 1.83. The predicted molar refractivity (Wildman–Crippen MR) is 74.9 cm³/mol. The first kappa shape index (κ1) is 14.0. The molecular weight excluding hydrogens is 240 g/mol. The molecule has 4 heteroatoms. The lowest BCUT2D eigenvalue weighted by atomic mass is 10.0. The van der Waals surface area contributed by atoms with Crippen molar-refractivity contribution in [2.75, 3.05) is 13.2 Å². The summed E-state index contributed by atoms with van der Waals surface area (Å²) in [6, 6.07) is 7.92. The molecule has 0 bridgehead atoms. The van der Waals surface area contributed by atoms with Crippen LogP contribution in [0.1, 0.15) is 41.6 Å². The summed E-state index contributed by atoms with van der Waals surface area (Å²) in [4.78, 5) is 11.3. The van der Waals surface area contributed by atoms with Crippen molar-refractivity contribution < 1.29 is 9.53 Å². The van der Waals surface area contributed by atoms with Gasteiger partial charge in [0.05, 0.1) is 6.61 Å². The van der Waals surface area contributed by atoms with Crippen LogP contribution in [0.2, 0.25) is 0 Å². The van der Waals surface area contributed by atoms with Crippen LogP contribution in [0.4, 0.5) is 0 Å². The third-order valence-corrected chi connectivity index (χ3v) is 3.56. The number of rotatable bonds is 6. The van der Waals surface area contributed by atoms with E-state index in [4.69, 9.17) is 10.5 Å². The van der Waals surface area contributed by atoms with Crippen molar-refractivity contribution in [1.82, 2.24) is 5.32 Å². The number of benzene rings is 1. The molecule has 0 radical (unpaired) electrons. The Morgan fingerprint density at radius 1 is 1.37 bits per heavy atom. The molecule has 1 unspecified atom stereocenters. The molecule has 0 aromatic heterocycles. The highest BCUT2D eigenvalue weighted by molar-refractivity contribution is 5.94. The Hall–Kier alpha value is -1.39. The number of hydrogen-bond donors (Lipinski definition) is 2. The van der Waals surface area contributed by atoms with E-state index in [1.165, 1.54) is 19.3 Å². The summed E-state index contributed by atoms with van der Waals surface area (Å²) in [6.07, 6.45) is 4.85. The van der Waals surface area contributed by atoms with Gasteiger partial charge in [-0.1, -0.05) is 24.6 Å². The molecule has 0 spiro atoms. The summed E-state index contributed by atoms with van der Waals surface area (Å²) in [7, 11) is 0. The van der Waals surface area contributed by atoms with Gasteiger partial charge in [0.2, 0.25) is 5.91 Å². The molecule has 3 N–H and O–H groups in total. The van der Waals surface area contributed by atoms with Crippen molar-refractivity contribution in [3.8, 4) is 0 Å². The van der Waals surface area contributed by atoms with E-state index in [0.717, 1.165) is 18.5 Å². The van der Waals surface area contributed by atoms with Gasteiger partial charge in [0.1, 0.15) is 0 Å². The van der Waals surface area contributed by atoms with Crippen LogP contribution >= 0.6 is 0 Å². The zero-order valence-electron chi connectivity index (χ0n) is 11.2. The van der Waals surface area contributed by atoms with Gasteiger partial charge in [0.25, 0.3) is 0 Å². The first-order chi connectivity index (χ1) is 9.27. The minimum Gasteiger partial charge on any atom is -0.377 e. The lowest BCUT2D eigenvalue weighted by Crippen LogP contribution is -2.34. The summed E-state index contributed by atoms with van der Waals surface area (Å²) >= 11 is 0. The Morgan fingerprint density at radius 2 is 2.21 bits per heavy atom. The standard InChI is InChI=1S/C15H22N2O2/c16-15(18)14-7-2-1-5-12(14)11-19-10-8-13-6-3-4-9-17-13/h1-2,5,7,13,17H,3-4,6,8-11H2,(H2,16,18). The molecule has 1 aromatic carbocycles. The van der Waals surface area contributed by atoms with Crippen LogP contribution in [-0.4, -0.2) is 25.1 Å². The monoisotopic (exact) mass is 262 g/mol. The maximum Gasteiger partial charge on any atom is 0.249 e. The van der Waals surface area contributed by atoms with E-state index in [0.29, 0.717) is 24.8 Å². The number of primary amides is 1. The van der Waals surface area contributed by atoms with Crippen molar-refractivity contribution in [3.63, 3.8) is 0 Å². The van der Waals surface area contributed by atoms with E-state index in [1.807, 2.05) is 18.2 Å². The van der Waals surface area contributed by atoms with Gasteiger partial charge in [-0.2, -0.15) is 0 Å². The normalized spacial score (nSPS) is 19.3. The topological polar surface area (TPSA) is 64.4 Å². The second-order valence-electron chi connectivity index (χ2n) is 5.01. The van der Waals surface area contributed by atoms with Crippen LogP contribution in [0.25, 0.3) is 0 Å². The maximum absolute atomic E-state index is 11.3. The van der Waals surface area contributed by atoms with Gasteiger partial charge >= 0.3 is 0 Å². The Kier molecular flexibility index (Phi) is 5.36. The van der Waals surface area contributed by atoms with Gasteiger partial charge in [-0.05, 0) is 37.4 Å². The number of hydrogen-bond acceptors (Lipinski definition) is 3. The summed E-state index contributed by atoms with van der Waals surface area (Å²) in [5.74, 6) is -0.395. The zero-order chi connectivity index (χ0) is 13.5. The van der Waals surface area contributed by atoms with Crippen LogP contribution in [-0.2, 0) is 11.3 Å². The van der Waals surface area contributed by atoms with E-state index >= 15 is 0 Å². The molecule has 19 heavy (non-hydrogen) atoms. The van der Waals surface area contributed by atoms with Crippen molar-refractivity contribution in [3.05, 3.63) is 35.4 Å².